The molecule has 1 amide bonds. The van der Waals surface area contributed by atoms with Crippen LogP contribution in [-0.2, 0) is 14.3 Å². The number of hydrogen-bond acceptors (Lipinski definition) is 3. The van der Waals surface area contributed by atoms with E-state index in [4.69, 9.17) is 11.6 Å². The molecule has 1 aromatic rings. The number of benzene rings is 1. The van der Waals surface area contributed by atoms with E-state index in [2.05, 4.69) is 4.74 Å². The van der Waals surface area contributed by atoms with Gasteiger partial charge >= 0.3 is 5.97 Å². The van der Waals surface area contributed by atoms with Crippen molar-refractivity contribution in [1.82, 2.24) is 0 Å². The largest absolute Gasteiger partial charge is 0.469 e. The molecule has 102 valence electrons. The SMILES string of the molecule is COC(=O)C1CC(=O)N(c2cc(F)c(F)cc2Cl)C1. The number of rotatable bonds is 2. The van der Waals surface area contributed by atoms with Gasteiger partial charge in [-0.15, -0.1) is 0 Å². The third-order valence-corrected chi connectivity index (χ3v) is 3.24. The van der Waals surface area contributed by atoms with Crippen molar-refractivity contribution in [1.29, 1.82) is 0 Å². The molecule has 19 heavy (non-hydrogen) atoms. The lowest BCUT2D eigenvalue weighted by Crippen LogP contribution is -2.26. The zero-order valence-electron chi connectivity index (χ0n) is 9.95. The van der Waals surface area contributed by atoms with Gasteiger partial charge in [0, 0.05) is 19.0 Å². The van der Waals surface area contributed by atoms with Crippen LogP contribution in [0.3, 0.4) is 0 Å². The Balaban J connectivity index is 2.30. The summed E-state index contributed by atoms with van der Waals surface area (Å²) in [5.74, 6) is -3.72. The Hall–Kier alpha value is -1.69. The van der Waals surface area contributed by atoms with Crippen LogP contribution in [-0.4, -0.2) is 25.5 Å². The second kappa shape index (κ2) is 5.13. The maximum atomic E-state index is 13.2. The Labute approximate surface area is 112 Å². The summed E-state index contributed by atoms with van der Waals surface area (Å²) in [5, 5.41) is -0.0854. The first kappa shape index (κ1) is 13.7. The second-order valence-electron chi connectivity index (χ2n) is 4.15. The topological polar surface area (TPSA) is 46.6 Å². The number of amides is 1. The molecule has 0 aromatic heterocycles. The van der Waals surface area contributed by atoms with Crippen LogP contribution in [0.25, 0.3) is 0 Å². The van der Waals surface area contributed by atoms with Gasteiger partial charge in [0.05, 0.1) is 23.7 Å². The van der Waals surface area contributed by atoms with Gasteiger partial charge in [0.15, 0.2) is 11.6 Å². The Bertz CT molecular complexity index is 550. The molecule has 0 spiro atoms. The van der Waals surface area contributed by atoms with Gasteiger partial charge in [-0.05, 0) is 6.07 Å². The molecular formula is C12H10ClF2NO3. The van der Waals surface area contributed by atoms with Crippen LogP contribution in [0.2, 0.25) is 5.02 Å². The highest BCUT2D eigenvalue weighted by atomic mass is 35.5. The molecule has 0 aliphatic carbocycles. The molecule has 2 rings (SSSR count). The van der Waals surface area contributed by atoms with E-state index in [0.29, 0.717) is 0 Å². The lowest BCUT2D eigenvalue weighted by Gasteiger charge is -2.18. The fraction of sp³-hybridized carbons (Fsp3) is 0.333. The maximum Gasteiger partial charge on any atom is 0.311 e. The number of halogens is 3. The Morgan fingerprint density at radius 2 is 2.05 bits per heavy atom. The summed E-state index contributed by atoms with van der Waals surface area (Å²) >= 11 is 5.79. The minimum Gasteiger partial charge on any atom is -0.469 e. The minimum absolute atomic E-state index is 0.0380. The predicted octanol–water partition coefficient (Wildman–Crippen LogP) is 2.14. The van der Waals surface area contributed by atoms with Crippen LogP contribution >= 0.6 is 11.6 Å². The van der Waals surface area contributed by atoms with Crippen LogP contribution in [0.5, 0.6) is 0 Å². The van der Waals surface area contributed by atoms with E-state index < -0.39 is 23.5 Å². The van der Waals surface area contributed by atoms with Crippen molar-refractivity contribution in [2.45, 2.75) is 6.42 Å². The van der Waals surface area contributed by atoms with E-state index in [-0.39, 0.29) is 29.6 Å². The van der Waals surface area contributed by atoms with Crippen LogP contribution in [0.1, 0.15) is 6.42 Å². The summed E-state index contributed by atoms with van der Waals surface area (Å²) in [4.78, 5) is 24.3. The quantitative estimate of drug-likeness (QED) is 0.619. The van der Waals surface area contributed by atoms with E-state index in [0.717, 1.165) is 17.0 Å². The van der Waals surface area contributed by atoms with Crippen LogP contribution in [0.15, 0.2) is 12.1 Å². The molecule has 1 heterocycles. The van der Waals surface area contributed by atoms with Gasteiger partial charge in [-0.1, -0.05) is 11.6 Å². The zero-order chi connectivity index (χ0) is 14.2. The molecule has 1 saturated heterocycles. The first-order valence-corrected chi connectivity index (χ1v) is 5.84. The van der Waals surface area contributed by atoms with Gasteiger partial charge in [-0.25, -0.2) is 8.78 Å². The molecule has 7 heteroatoms. The average Bonchev–Trinajstić information content (AvgIpc) is 2.75. The third kappa shape index (κ3) is 2.53. The van der Waals surface area contributed by atoms with Gasteiger partial charge < -0.3 is 9.64 Å². The lowest BCUT2D eigenvalue weighted by molar-refractivity contribution is -0.145. The van der Waals surface area contributed by atoms with Gasteiger partial charge in [-0.3, -0.25) is 9.59 Å². The number of anilines is 1. The number of esters is 1. The van der Waals surface area contributed by atoms with Crippen molar-refractivity contribution >= 4 is 29.2 Å². The molecule has 1 unspecified atom stereocenters. The third-order valence-electron chi connectivity index (χ3n) is 2.94. The van der Waals surface area contributed by atoms with Crippen molar-refractivity contribution in [3.05, 3.63) is 28.8 Å². The number of carbonyl (C=O) groups excluding carboxylic acids is 2. The Morgan fingerprint density at radius 1 is 1.42 bits per heavy atom. The van der Waals surface area contributed by atoms with Gasteiger partial charge in [0.1, 0.15) is 0 Å². The highest BCUT2D eigenvalue weighted by Gasteiger charge is 2.36. The summed E-state index contributed by atoms with van der Waals surface area (Å²) in [5.41, 5.74) is 0.0527. The van der Waals surface area contributed by atoms with Gasteiger partial charge in [0.2, 0.25) is 5.91 Å². The van der Waals surface area contributed by atoms with Crippen molar-refractivity contribution in [2.24, 2.45) is 5.92 Å². The number of ether oxygens (including phenoxy) is 1. The number of nitrogens with zero attached hydrogens (tertiary/aromatic N) is 1. The molecule has 1 aromatic carbocycles. The summed E-state index contributed by atoms with van der Waals surface area (Å²) in [6, 6.07) is 1.64. The summed E-state index contributed by atoms with van der Waals surface area (Å²) in [6.07, 6.45) is -0.0397. The Morgan fingerprint density at radius 3 is 2.68 bits per heavy atom. The second-order valence-corrected chi connectivity index (χ2v) is 4.55. The van der Waals surface area contributed by atoms with E-state index in [1.54, 1.807) is 0 Å². The molecule has 0 bridgehead atoms. The normalized spacial score (nSPS) is 18.8. The van der Waals surface area contributed by atoms with Crippen molar-refractivity contribution in [3.63, 3.8) is 0 Å². The molecular weight excluding hydrogens is 280 g/mol. The fourth-order valence-corrected chi connectivity index (χ4v) is 2.24. The van der Waals surface area contributed by atoms with E-state index in [1.807, 2.05) is 0 Å². The molecule has 1 aliphatic heterocycles. The summed E-state index contributed by atoms with van der Waals surface area (Å²) in [6.45, 7) is 0.0380. The van der Waals surface area contributed by atoms with Crippen molar-refractivity contribution in [2.75, 3.05) is 18.6 Å². The molecule has 0 saturated carbocycles. The highest BCUT2D eigenvalue weighted by molar-refractivity contribution is 6.33. The van der Waals surface area contributed by atoms with E-state index in [9.17, 15) is 18.4 Å². The first-order chi connectivity index (χ1) is 8.93. The smallest absolute Gasteiger partial charge is 0.311 e. The van der Waals surface area contributed by atoms with Crippen LogP contribution in [0.4, 0.5) is 14.5 Å². The van der Waals surface area contributed by atoms with E-state index >= 15 is 0 Å². The number of hydrogen-bond donors (Lipinski definition) is 0. The van der Waals surface area contributed by atoms with Crippen molar-refractivity contribution in [3.8, 4) is 0 Å². The number of carbonyl (C=O) groups is 2. The zero-order valence-corrected chi connectivity index (χ0v) is 10.7. The van der Waals surface area contributed by atoms with E-state index in [1.165, 1.54) is 7.11 Å². The number of methoxy groups -OCH3 is 1. The molecule has 1 aliphatic rings. The Kier molecular flexibility index (Phi) is 3.71. The maximum absolute atomic E-state index is 13.2. The molecule has 1 fully saturated rings. The van der Waals surface area contributed by atoms with Crippen LogP contribution in [0, 0.1) is 17.6 Å². The highest BCUT2D eigenvalue weighted by Crippen LogP contribution is 2.33. The molecule has 0 N–H and O–H groups in total. The monoisotopic (exact) mass is 289 g/mol. The summed E-state index contributed by atoms with van der Waals surface area (Å²) < 4.78 is 30.7. The molecule has 0 radical (unpaired) electrons. The predicted molar refractivity (Wildman–Crippen MR) is 63.8 cm³/mol. The fourth-order valence-electron chi connectivity index (χ4n) is 1.98. The minimum atomic E-state index is -1.10. The lowest BCUT2D eigenvalue weighted by atomic mass is 10.1. The molecule has 1 atom stereocenters. The van der Waals surface area contributed by atoms with Gasteiger partial charge in [-0.2, -0.15) is 0 Å². The van der Waals surface area contributed by atoms with Crippen LogP contribution < -0.4 is 4.90 Å². The van der Waals surface area contributed by atoms with Crippen molar-refractivity contribution < 1.29 is 23.1 Å². The van der Waals surface area contributed by atoms with Gasteiger partial charge in [0.25, 0.3) is 0 Å². The molecule has 4 nitrogen and oxygen atoms in total. The standard InChI is InChI=1S/C12H10ClF2NO3/c1-19-12(18)6-2-11(17)16(5-6)10-4-9(15)8(14)3-7(10)13/h3-4,6H,2,5H2,1H3. The summed E-state index contributed by atoms with van der Waals surface area (Å²) in [7, 11) is 1.22. The average molecular weight is 290 g/mol. The first-order valence-electron chi connectivity index (χ1n) is 5.46.